The Morgan fingerprint density at radius 2 is 1.87 bits per heavy atom. The smallest absolute Gasteiger partial charge is 0.311 e. The normalized spacial score (nSPS) is 18.7. The van der Waals surface area contributed by atoms with E-state index >= 15 is 0 Å². The predicted octanol–water partition coefficient (Wildman–Crippen LogP) is 3.26. The fraction of sp³-hybridized carbons (Fsp3) is 0.458. The van der Waals surface area contributed by atoms with Crippen molar-refractivity contribution in [3.63, 3.8) is 0 Å². The fourth-order valence-corrected chi connectivity index (χ4v) is 4.34. The molecule has 1 aromatic heterocycles. The molecule has 0 N–H and O–H groups in total. The van der Waals surface area contributed by atoms with Gasteiger partial charge in [-0.25, -0.2) is 0 Å². The molecule has 1 aliphatic heterocycles. The van der Waals surface area contributed by atoms with Crippen molar-refractivity contribution in [2.24, 2.45) is 5.92 Å². The molecule has 6 nitrogen and oxygen atoms in total. The maximum Gasteiger partial charge on any atom is 0.311 e. The van der Waals surface area contributed by atoms with Gasteiger partial charge in [-0.3, -0.25) is 14.4 Å². The van der Waals surface area contributed by atoms with Crippen molar-refractivity contribution in [1.29, 1.82) is 0 Å². The molecular formula is C24H28N2O4. The number of carbonyl (C=O) groups is 3. The van der Waals surface area contributed by atoms with Gasteiger partial charge in [0.1, 0.15) is 0 Å². The van der Waals surface area contributed by atoms with Crippen LogP contribution in [0.15, 0.2) is 36.4 Å². The number of amides is 1. The number of Topliss-reactive ketones (excluding diaryl/α,β-unsaturated/α-hetero) is 1. The van der Waals surface area contributed by atoms with E-state index in [1.807, 2.05) is 50.2 Å². The molecule has 158 valence electrons. The van der Waals surface area contributed by atoms with Crippen LogP contribution in [0.25, 0.3) is 0 Å². The number of likely N-dealkylation sites (tertiary alicyclic amines) is 1. The van der Waals surface area contributed by atoms with Crippen LogP contribution < -0.4 is 0 Å². The standard InChI is InChI=1S/C24H28N2O4/c1-16-12-21(17(2)26(16)20-8-9-20)22(27)15-30-24(29)19-13-23(28)25(14-19)11-10-18-6-4-3-5-7-18/h3-7,12,19-20H,8-11,13-15H2,1-2H3/t19-/m0/s1. The summed E-state index contributed by atoms with van der Waals surface area (Å²) in [5.41, 5.74) is 3.80. The molecule has 4 rings (SSSR count). The second-order valence-electron chi connectivity index (χ2n) is 8.39. The van der Waals surface area contributed by atoms with Gasteiger partial charge in [0.15, 0.2) is 6.61 Å². The van der Waals surface area contributed by atoms with E-state index in [0.717, 1.165) is 36.2 Å². The van der Waals surface area contributed by atoms with E-state index in [1.54, 1.807) is 4.90 Å². The van der Waals surface area contributed by atoms with E-state index in [0.29, 0.717) is 24.7 Å². The summed E-state index contributed by atoms with van der Waals surface area (Å²) in [5.74, 6) is -1.18. The van der Waals surface area contributed by atoms with Gasteiger partial charge in [-0.15, -0.1) is 0 Å². The van der Waals surface area contributed by atoms with Crippen molar-refractivity contribution >= 4 is 17.7 Å². The zero-order chi connectivity index (χ0) is 21.3. The van der Waals surface area contributed by atoms with E-state index in [4.69, 9.17) is 4.74 Å². The highest BCUT2D eigenvalue weighted by molar-refractivity contribution is 5.99. The zero-order valence-corrected chi connectivity index (χ0v) is 17.6. The van der Waals surface area contributed by atoms with E-state index < -0.39 is 11.9 Å². The van der Waals surface area contributed by atoms with Gasteiger partial charge in [0.2, 0.25) is 11.7 Å². The lowest BCUT2D eigenvalue weighted by Gasteiger charge is -2.16. The predicted molar refractivity (Wildman–Crippen MR) is 112 cm³/mol. The molecule has 0 bridgehead atoms. The maximum absolute atomic E-state index is 12.6. The number of hydrogen-bond acceptors (Lipinski definition) is 4. The highest BCUT2D eigenvalue weighted by Gasteiger charge is 2.35. The Bertz CT molecular complexity index is 959. The molecular weight excluding hydrogens is 380 g/mol. The zero-order valence-electron chi connectivity index (χ0n) is 17.6. The SMILES string of the molecule is Cc1cc(C(=O)COC(=O)[C@H]2CC(=O)N(CCc3ccccc3)C2)c(C)n1C1CC1. The van der Waals surface area contributed by atoms with Gasteiger partial charge >= 0.3 is 5.97 Å². The summed E-state index contributed by atoms with van der Waals surface area (Å²) in [7, 11) is 0. The summed E-state index contributed by atoms with van der Waals surface area (Å²) in [6, 6.07) is 12.3. The van der Waals surface area contributed by atoms with Crippen LogP contribution in [0.2, 0.25) is 0 Å². The third-order valence-electron chi connectivity index (χ3n) is 6.10. The first-order chi connectivity index (χ1) is 14.4. The van der Waals surface area contributed by atoms with Crippen LogP contribution in [-0.4, -0.2) is 46.8 Å². The number of carbonyl (C=O) groups excluding carboxylic acids is 3. The fourth-order valence-electron chi connectivity index (χ4n) is 4.34. The lowest BCUT2D eigenvalue weighted by molar-refractivity contribution is -0.147. The lowest BCUT2D eigenvalue weighted by Crippen LogP contribution is -2.29. The van der Waals surface area contributed by atoms with Crippen LogP contribution in [0.4, 0.5) is 0 Å². The quantitative estimate of drug-likeness (QED) is 0.497. The summed E-state index contributed by atoms with van der Waals surface area (Å²) >= 11 is 0. The van der Waals surface area contributed by atoms with Crippen LogP contribution in [0.5, 0.6) is 0 Å². The van der Waals surface area contributed by atoms with Crippen molar-refractivity contribution in [2.75, 3.05) is 19.7 Å². The van der Waals surface area contributed by atoms with Crippen molar-refractivity contribution in [3.8, 4) is 0 Å². The summed E-state index contributed by atoms with van der Waals surface area (Å²) in [6.07, 6.45) is 3.20. The molecule has 1 aromatic carbocycles. The minimum atomic E-state index is -0.500. The van der Waals surface area contributed by atoms with Gasteiger partial charge in [0.05, 0.1) is 5.92 Å². The number of ether oxygens (including phenoxy) is 1. The topological polar surface area (TPSA) is 68.6 Å². The molecule has 1 aliphatic carbocycles. The Morgan fingerprint density at radius 3 is 2.57 bits per heavy atom. The molecule has 30 heavy (non-hydrogen) atoms. The summed E-state index contributed by atoms with van der Waals surface area (Å²) in [4.78, 5) is 39.1. The Labute approximate surface area is 176 Å². The van der Waals surface area contributed by atoms with E-state index in [1.165, 1.54) is 0 Å². The van der Waals surface area contributed by atoms with E-state index in [-0.39, 0.29) is 24.7 Å². The highest BCUT2D eigenvalue weighted by Crippen LogP contribution is 2.38. The van der Waals surface area contributed by atoms with Crippen molar-refractivity contribution in [1.82, 2.24) is 9.47 Å². The molecule has 1 saturated carbocycles. The first-order valence-corrected chi connectivity index (χ1v) is 10.6. The number of ketones is 1. The minimum Gasteiger partial charge on any atom is -0.457 e. The van der Waals surface area contributed by atoms with Crippen molar-refractivity contribution < 1.29 is 19.1 Å². The molecule has 2 aromatic rings. The average molecular weight is 408 g/mol. The van der Waals surface area contributed by atoms with Crippen LogP contribution in [0.3, 0.4) is 0 Å². The van der Waals surface area contributed by atoms with Gasteiger partial charge in [-0.2, -0.15) is 0 Å². The number of aromatic nitrogens is 1. The third-order valence-corrected chi connectivity index (χ3v) is 6.10. The van der Waals surface area contributed by atoms with Crippen LogP contribution in [0.1, 0.15) is 52.6 Å². The molecule has 0 unspecified atom stereocenters. The minimum absolute atomic E-state index is 0.0350. The molecule has 1 amide bonds. The molecule has 0 spiro atoms. The van der Waals surface area contributed by atoms with Gasteiger partial charge < -0.3 is 14.2 Å². The first-order valence-electron chi connectivity index (χ1n) is 10.6. The highest BCUT2D eigenvalue weighted by atomic mass is 16.5. The van der Waals surface area contributed by atoms with Crippen LogP contribution in [-0.2, 0) is 20.7 Å². The number of hydrogen-bond donors (Lipinski definition) is 0. The largest absolute Gasteiger partial charge is 0.457 e. The molecule has 2 aliphatic rings. The molecule has 2 heterocycles. The number of benzene rings is 1. The van der Waals surface area contributed by atoms with Crippen molar-refractivity contribution in [3.05, 3.63) is 58.9 Å². The Hall–Kier alpha value is -2.89. The number of esters is 1. The molecule has 0 radical (unpaired) electrons. The molecule has 1 saturated heterocycles. The Balaban J connectivity index is 1.28. The van der Waals surface area contributed by atoms with E-state index in [9.17, 15) is 14.4 Å². The molecule has 1 atom stereocenters. The number of aryl methyl sites for hydroxylation is 1. The number of rotatable bonds is 8. The lowest BCUT2D eigenvalue weighted by atomic mass is 10.1. The van der Waals surface area contributed by atoms with Gasteiger partial charge in [-0.05, 0) is 44.7 Å². The second-order valence-corrected chi connectivity index (χ2v) is 8.39. The number of nitrogens with zero attached hydrogens (tertiary/aromatic N) is 2. The first kappa shape index (κ1) is 20.4. The summed E-state index contributed by atoms with van der Waals surface area (Å²) < 4.78 is 7.51. The summed E-state index contributed by atoms with van der Waals surface area (Å²) in [5, 5.41) is 0. The maximum atomic E-state index is 12.6. The van der Waals surface area contributed by atoms with Gasteiger partial charge in [0.25, 0.3) is 0 Å². The monoisotopic (exact) mass is 408 g/mol. The van der Waals surface area contributed by atoms with Crippen LogP contribution >= 0.6 is 0 Å². The van der Waals surface area contributed by atoms with Gasteiger partial charge in [0, 0.05) is 42.5 Å². The van der Waals surface area contributed by atoms with Gasteiger partial charge in [-0.1, -0.05) is 30.3 Å². The summed E-state index contributed by atoms with van der Waals surface area (Å²) in [6.45, 7) is 4.61. The average Bonchev–Trinajstić information content (AvgIpc) is 3.43. The second kappa shape index (κ2) is 8.46. The molecule has 6 heteroatoms. The van der Waals surface area contributed by atoms with Crippen LogP contribution in [0, 0.1) is 19.8 Å². The molecule has 2 fully saturated rings. The van der Waals surface area contributed by atoms with E-state index in [2.05, 4.69) is 4.57 Å². The van der Waals surface area contributed by atoms with Crippen molar-refractivity contribution in [2.45, 2.75) is 45.6 Å². The third kappa shape index (κ3) is 4.32. The Kier molecular flexibility index (Phi) is 5.75. The Morgan fingerprint density at radius 1 is 1.13 bits per heavy atom.